The third-order valence-electron chi connectivity index (χ3n) is 5.34. The minimum absolute atomic E-state index is 0.309. The molecule has 3 heterocycles. The molecule has 0 aliphatic heterocycles. The maximum Gasteiger partial charge on any atom is 0.190 e. The van der Waals surface area contributed by atoms with Gasteiger partial charge in [-0.15, -0.1) is 0 Å². The van der Waals surface area contributed by atoms with Crippen LogP contribution in [0.25, 0.3) is 22.3 Å². The standard InChI is InChI=1S/C25H31N7S/c1-17(2)21-22-23(31-30-21)24(29-25(28-22)33-15-7-14-32(3)4)27-16-18-9-11-19(12-10-18)20-8-5-6-13-26-20/h5-6,8-13,17H,7,14-16H2,1-4H3,(H,30,31)(H,27,28,29). The fourth-order valence-electron chi connectivity index (χ4n) is 3.54. The van der Waals surface area contributed by atoms with Crippen LogP contribution in [0.3, 0.4) is 0 Å². The topological polar surface area (TPSA) is 82.6 Å². The lowest BCUT2D eigenvalue weighted by Gasteiger charge is -2.11. The van der Waals surface area contributed by atoms with Crippen LogP contribution in [0.15, 0.2) is 53.8 Å². The molecule has 7 nitrogen and oxygen atoms in total. The van der Waals surface area contributed by atoms with Crippen LogP contribution in [-0.2, 0) is 6.54 Å². The number of anilines is 1. The Bertz CT molecular complexity index is 1170. The highest BCUT2D eigenvalue weighted by Crippen LogP contribution is 2.29. The largest absolute Gasteiger partial charge is 0.364 e. The third kappa shape index (κ3) is 5.89. The Hall–Kier alpha value is -2.97. The van der Waals surface area contributed by atoms with Crippen LogP contribution in [-0.4, -0.2) is 56.4 Å². The number of thioether (sulfide) groups is 1. The zero-order chi connectivity index (χ0) is 23.2. The average Bonchev–Trinajstić information content (AvgIpc) is 3.26. The van der Waals surface area contributed by atoms with Crippen LogP contribution in [0.1, 0.15) is 37.4 Å². The minimum Gasteiger partial charge on any atom is -0.364 e. The van der Waals surface area contributed by atoms with E-state index in [9.17, 15) is 0 Å². The fourth-order valence-corrected chi connectivity index (χ4v) is 4.31. The molecule has 0 aliphatic carbocycles. The molecule has 0 atom stereocenters. The van der Waals surface area contributed by atoms with Gasteiger partial charge in [0.05, 0.1) is 11.4 Å². The third-order valence-corrected chi connectivity index (χ3v) is 6.27. The van der Waals surface area contributed by atoms with E-state index in [-0.39, 0.29) is 0 Å². The number of nitrogens with zero attached hydrogens (tertiary/aromatic N) is 5. The molecular formula is C25H31N7S. The van der Waals surface area contributed by atoms with E-state index in [1.807, 2.05) is 24.4 Å². The molecule has 172 valence electrons. The van der Waals surface area contributed by atoms with Crippen molar-refractivity contribution in [3.05, 3.63) is 59.9 Å². The second-order valence-electron chi connectivity index (χ2n) is 8.61. The zero-order valence-electron chi connectivity index (χ0n) is 19.7. The van der Waals surface area contributed by atoms with Gasteiger partial charge >= 0.3 is 0 Å². The normalized spacial score (nSPS) is 11.6. The monoisotopic (exact) mass is 461 g/mol. The molecule has 33 heavy (non-hydrogen) atoms. The molecule has 0 fully saturated rings. The summed E-state index contributed by atoms with van der Waals surface area (Å²) in [7, 11) is 4.19. The van der Waals surface area contributed by atoms with Gasteiger partial charge in [0.2, 0.25) is 0 Å². The molecule has 0 bridgehead atoms. The van der Waals surface area contributed by atoms with E-state index in [1.54, 1.807) is 11.8 Å². The molecule has 4 aromatic rings. The number of fused-ring (bicyclic) bond motifs is 1. The highest BCUT2D eigenvalue weighted by molar-refractivity contribution is 7.99. The summed E-state index contributed by atoms with van der Waals surface area (Å²) in [5.41, 5.74) is 5.99. The Kier molecular flexibility index (Phi) is 7.57. The lowest BCUT2D eigenvalue weighted by atomic mass is 10.1. The molecule has 0 aliphatic rings. The van der Waals surface area contributed by atoms with Crippen molar-refractivity contribution >= 4 is 28.6 Å². The van der Waals surface area contributed by atoms with Gasteiger partial charge in [0, 0.05) is 24.1 Å². The molecule has 0 saturated carbocycles. The first-order chi connectivity index (χ1) is 16.0. The number of hydrogen-bond acceptors (Lipinski definition) is 7. The van der Waals surface area contributed by atoms with Gasteiger partial charge in [-0.1, -0.05) is 55.9 Å². The summed E-state index contributed by atoms with van der Waals surface area (Å²) < 4.78 is 0. The number of rotatable bonds is 10. The maximum absolute atomic E-state index is 4.83. The van der Waals surface area contributed by atoms with Gasteiger partial charge in [-0.3, -0.25) is 10.1 Å². The van der Waals surface area contributed by atoms with Crippen LogP contribution in [0.2, 0.25) is 0 Å². The number of pyridine rings is 1. The number of aromatic amines is 1. The van der Waals surface area contributed by atoms with Crippen molar-refractivity contribution in [3.63, 3.8) is 0 Å². The molecule has 0 radical (unpaired) electrons. The summed E-state index contributed by atoms with van der Waals surface area (Å²) in [6.07, 6.45) is 2.91. The molecule has 0 spiro atoms. The first kappa shape index (κ1) is 23.2. The number of aromatic nitrogens is 5. The summed E-state index contributed by atoms with van der Waals surface area (Å²) in [4.78, 5) is 16.3. The number of benzene rings is 1. The SMILES string of the molecule is CC(C)c1[nH]nc2c(NCc3ccc(-c4ccccn4)cc3)nc(SCCCN(C)C)nc12. The van der Waals surface area contributed by atoms with Crippen LogP contribution in [0, 0.1) is 0 Å². The summed E-state index contributed by atoms with van der Waals surface area (Å²) >= 11 is 1.70. The molecule has 1 aromatic carbocycles. The van der Waals surface area contributed by atoms with Crippen LogP contribution >= 0.6 is 11.8 Å². The lowest BCUT2D eigenvalue weighted by Crippen LogP contribution is -2.13. The number of nitrogens with one attached hydrogen (secondary N) is 2. The second-order valence-corrected chi connectivity index (χ2v) is 9.68. The first-order valence-corrected chi connectivity index (χ1v) is 12.3. The number of hydrogen-bond donors (Lipinski definition) is 2. The van der Waals surface area contributed by atoms with E-state index in [0.29, 0.717) is 12.5 Å². The lowest BCUT2D eigenvalue weighted by molar-refractivity contribution is 0.410. The molecule has 4 rings (SSSR count). The Balaban J connectivity index is 1.52. The smallest absolute Gasteiger partial charge is 0.190 e. The molecule has 0 amide bonds. The molecule has 0 saturated heterocycles. The van der Waals surface area contributed by atoms with E-state index >= 15 is 0 Å². The minimum atomic E-state index is 0.309. The quantitative estimate of drug-likeness (QED) is 0.191. The average molecular weight is 462 g/mol. The van der Waals surface area contributed by atoms with Crippen molar-refractivity contribution < 1.29 is 0 Å². The summed E-state index contributed by atoms with van der Waals surface area (Å²) in [6, 6.07) is 14.4. The van der Waals surface area contributed by atoms with Gasteiger partial charge in [-0.2, -0.15) is 5.10 Å². The molecule has 2 N–H and O–H groups in total. The van der Waals surface area contributed by atoms with E-state index in [0.717, 1.165) is 57.7 Å². The Labute approximate surface area is 199 Å². The van der Waals surface area contributed by atoms with E-state index in [4.69, 9.17) is 9.97 Å². The first-order valence-electron chi connectivity index (χ1n) is 11.3. The Morgan fingerprint density at radius 2 is 1.85 bits per heavy atom. The molecule has 3 aromatic heterocycles. The second kappa shape index (κ2) is 10.8. The van der Waals surface area contributed by atoms with Gasteiger partial charge in [0.25, 0.3) is 0 Å². The van der Waals surface area contributed by atoms with Gasteiger partial charge in [0.15, 0.2) is 16.5 Å². The zero-order valence-corrected chi connectivity index (χ0v) is 20.5. The predicted octanol–water partition coefficient (Wildman–Crippen LogP) is 5.19. The van der Waals surface area contributed by atoms with Crippen molar-refractivity contribution in [2.45, 2.75) is 37.9 Å². The number of H-pyrrole nitrogens is 1. The molecule has 8 heteroatoms. The van der Waals surface area contributed by atoms with Gasteiger partial charge < -0.3 is 10.2 Å². The molecular weight excluding hydrogens is 430 g/mol. The summed E-state index contributed by atoms with van der Waals surface area (Å²) in [5, 5.41) is 12.0. The fraction of sp³-hybridized carbons (Fsp3) is 0.360. The predicted molar refractivity (Wildman–Crippen MR) is 137 cm³/mol. The van der Waals surface area contributed by atoms with Crippen molar-refractivity contribution in [3.8, 4) is 11.3 Å². The van der Waals surface area contributed by atoms with Crippen LogP contribution in [0.4, 0.5) is 5.82 Å². The van der Waals surface area contributed by atoms with E-state index in [2.05, 4.69) is 77.6 Å². The van der Waals surface area contributed by atoms with Crippen LogP contribution in [0.5, 0.6) is 0 Å². The Morgan fingerprint density at radius 1 is 1.03 bits per heavy atom. The van der Waals surface area contributed by atoms with Crippen molar-refractivity contribution in [2.75, 3.05) is 31.7 Å². The van der Waals surface area contributed by atoms with E-state index in [1.165, 1.54) is 5.56 Å². The van der Waals surface area contributed by atoms with Crippen LogP contribution < -0.4 is 5.32 Å². The summed E-state index contributed by atoms with van der Waals surface area (Å²) in [6.45, 7) is 6.01. The maximum atomic E-state index is 4.83. The van der Waals surface area contributed by atoms with E-state index < -0.39 is 0 Å². The van der Waals surface area contributed by atoms with Crippen molar-refractivity contribution in [1.29, 1.82) is 0 Å². The van der Waals surface area contributed by atoms with Crippen molar-refractivity contribution in [2.24, 2.45) is 0 Å². The molecule has 0 unspecified atom stereocenters. The van der Waals surface area contributed by atoms with Gasteiger partial charge in [-0.25, -0.2) is 9.97 Å². The van der Waals surface area contributed by atoms with Gasteiger partial charge in [-0.05, 0) is 50.7 Å². The van der Waals surface area contributed by atoms with Gasteiger partial charge in [0.1, 0.15) is 5.52 Å². The highest BCUT2D eigenvalue weighted by atomic mass is 32.2. The highest BCUT2D eigenvalue weighted by Gasteiger charge is 2.17. The van der Waals surface area contributed by atoms with Crippen molar-refractivity contribution in [1.82, 2.24) is 30.0 Å². The summed E-state index contributed by atoms with van der Waals surface area (Å²) in [5.74, 6) is 2.06. The Morgan fingerprint density at radius 3 is 2.55 bits per heavy atom.